The summed E-state index contributed by atoms with van der Waals surface area (Å²) < 4.78 is 13.5. The zero-order valence-corrected chi connectivity index (χ0v) is 16.2. The normalized spacial score (nSPS) is 25.6. The Bertz CT molecular complexity index is 1100. The van der Waals surface area contributed by atoms with Crippen LogP contribution in [-0.4, -0.2) is 39.4 Å². The third-order valence-corrected chi connectivity index (χ3v) is 6.34. The van der Waals surface area contributed by atoms with Crippen LogP contribution in [0.15, 0.2) is 28.9 Å². The summed E-state index contributed by atoms with van der Waals surface area (Å²) in [6, 6.07) is 6.44. The molecule has 1 saturated heterocycles. The molecule has 4 heterocycles. The van der Waals surface area contributed by atoms with Gasteiger partial charge in [0.25, 0.3) is 5.88 Å². The lowest BCUT2D eigenvalue weighted by Gasteiger charge is -2.22. The number of carbonyl (C=O) groups excluding carboxylic acids is 1. The molecule has 3 aromatic rings. The Morgan fingerprint density at radius 2 is 2.24 bits per heavy atom. The summed E-state index contributed by atoms with van der Waals surface area (Å²) in [5.41, 5.74) is 2.74. The quantitative estimate of drug-likeness (QED) is 0.692. The summed E-state index contributed by atoms with van der Waals surface area (Å²) >= 11 is 0. The number of piperidine rings is 1. The number of aromatic nitrogens is 3. The molecule has 6 rings (SSSR count). The fourth-order valence-electron chi connectivity index (χ4n) is 4.62. The monoisotopic (exact) mass is 393 g/mol. The number of pyridine rings is 1. The van der Waals surface area contributed by atoms with E-state index in [0.29, 0.717) is 23.7 Å². The first-order valence-electron chi connectivity index (χ1n) is 10.3. The van der Waals surface area contributed by atoms with Gasteiger partial charge in [0.1, 0.15) is 11.9 Å². The van der Waals surface area contributed by atoms with Gasteiger partial charge in [0.2, 0.25) is 5.91 Å². The molecule has 1 amide bonds. The molecule has 3 aliphatic rings. The maximum Gasteiger partial charge on any atom is 0.262 e. The molecule has 150 valence electrons. The molecule has 0 spiro atoms. The first-order chi connectivity index (χ1) is 14.1. The number of nitrogens with zero attached hydrogens (tertiary/aromatic N) is 3. The Morgan fingerprint density at radius 3 is 3.00 bits per heavy atom. The zero-order chi connectivity index (χ0) is 19.5. The molecule has 2 N–H and O–H groups in total. The molecular formula is C21H23N5O3. The first kappa shape index (κ1) is 17.0. The molecule has 3 aromatic heterocycles. The molecule has 2 saturated carbocycles. The first-order valence-corrected chi connectivity index (χ1v) is 10.3. The molecule has 1 aliphatic heterocycles. The van der Waals surface area contributed by atoms with Gasteiger partial charge >= 0.3 is 0 Å². The van der Waals surface area contributed by atoms with E-state index in [1.54, 1.807) is 4.52 Å². The Kier molecular flexibility index (Phi) is 3.71. The third-order valence-electron chi connectivity index (χ3n) is 6.34. The van der Waals surface area contributed by atoms with Crippen LogP contribution in [0.3, 0.4) is 0 Å². The largest absolute Gasteiger partial charge is 0.471 e. The van der Waals surface area contributed by atoms with Gasteiger partial charge < -0.3 is 19.9 Å². The number of fused-ring (bicyclic) bond motifs is 3. The number of anilines is 1. The average molecular weight is 393 g/mol. The van der Waals surface area contributed by atoms with Crippen molar-refractivity contribution in [3.05, 3.63) is 30.2 Å². The lowest BCUT2D eigenvalue weighted by atomic mass is 10.1. The van der Waals surface area contributed by atoms with Crippen molar-refractivity contribution in [1.82, 2.24) is 20.1 Å². The second-order valence-corrected chi connectivity index (χ2v) is 8.49. The van der Waals surface area contributed by atoms with Crippen LogP contribution in [0.4, 0.5) is 5.82 Å². The number of ether oxygens (including phenoxy) is 1. The van der Waals surface area contributed by atoms with Crippen LogP contribution in [0.1, 0.15) is 31.4 Å². The van der Waals surface area contributed by atoms with Gasteiger partial charge in [-0.15, -0.1) is 0 Å². The van der Waals surface area contributed by atoms with Crippen LogP contribution in [0, 0.1) is 18.8 Å². The Balaban J connectivity index is 1.29. The molecule has 8 nitrogen and oxygen atoms in total. The lowest BCUT2D eigenvalue weighted by Crippen LogP contribution is -2.35. The molecule has 3 atom stereocenters. The molecule has 29 heavy (non-hydrogen) atoms. The van der Waals surface area contributed by atoms with Crippen LogP contribution in [0.5, 0.6) is 5.88 Å². The summed E-state index contributed by atoms with van der Waals surface area (Å²) in [7, 11) is 0. The number of nitrogens with one attached hydrogen (secondary N) is 2. The van der Waals surface area contributed by atoms with Crippen LogP contribution in [0.25, 0.3) is 16.6 Å². The van der Waals surface area contributed by atoms with Gasteiger partial charge in [-0.05, 0) is 49.0 Å². The Morgan fingerprint density at radius 1 is 1.34 bits per heavy atom. The Hall–Kier alpha value is -2.87. The van der Waals surface area contributed by atoms with Crippen molar-refractivity contribution in [1.29, 1.82) is 0 Å². The molecule has 0 unspecified atom stereocenters. The van der Waals surface area contributed by atoms with E-state index in [2.05, 4.69) is 20.9 Å². The topological polar surface area (TPSA) is 93.7 Å². The van der Waals surface area contributed by atoms with Crippen molar-refractivity contribution >= 4 is 17.2 Å². The minimum atomic E-state index is 0.0551. The summed E-state index contributed by atoms with van der Waals surface area (Å²) in [5, 5.41) is 15.0. The molecule has 3 fully saturated rings. The van der Waals surface area contributed by atoms with Crippen LogP contribution in [-0.2, 0) is 4.79 Å². The Labute approximate surface area is 167 Å². The maximum absolute atomic E-state index is 12.0. The van der Waals surface area contributed by atoms with Gasteiger partial charge in [-0.2, -0.15) is 5.10 Å². The van der Waals surface area contributed by atoms with Gasteiger partial charge in [-0.1, -0.05) is 0 Å². The number of aryl methyl sites for hydroxylation is 1. The maximum atomic E-state index is 12.0. The van der Waals surface area contributed by atoms with E-state index in [9.17, 15) is 4.79 Å². The highest BCUT2D eigenvalue weighted by molar-refractivity contribution is 5.93. The molecule has 8 heteroatoms. The SMILES string of the molecule is Cc1onc(O[C@H]2C[C@H]3C[C@@H]2CN3)c1-c1ccn2nc(NC(=O)C3CC3)cc2c1. The van der Waals surface area contributed by atoms with Crippen molar-refractivity contribution in [2.45, 2.75) is 44.8 Å². The van der Waals surface area contributed by atoms with Crippen molar-refractivity contribution in [2.24, 2.45) is 11.8 Å². The summed E-state index contributed by atoms with van der Waals surface area (Å²) in [5.74, 6) is 2.61. The van der Waals surface area contributed by atoms with E-state index in [1.165, 1.54) is 6.42 Å². The van der Waals surface area contributed by atoms with E-state index >= 15 is 0 Å². The predicted molar refractivity (Wildman–Crippen MR) is 106 cm³/mol. The second kappa shape index (κ2) is 6.32. The van der Waals surface area contributed by atoms with E-state index in [1.807, 2.05) is 31.3 Å². The molecule has 0 aromatic carbocycles. The predicted octanol–water partition coefficient (Wildman–Crippen LogP) is 2.78. The van der Waals surface area contributed by atoms with Crippen molar-refractivity contribution in [2.75, 3.05) is 11.9 Å². The second-order valence-electron chi connectivity index (χ2n) is 8.49. The number of hydrogen-bond acceptors (Lipinski definition) is 6. The zero-order valence-electron chi connectivity index (χ0n) is 16.2. The highest BCUT2D eigenvalue weighted by Gasteiger charge is 2.41. The molecule has 2 aliphatic carbocycles. The fraction of sp³-hybridized carbons (Fsp3) is 0.476. The van der Waals surface area contributed by atoms with Crippen LogP contribution >= 0.6 is 0 Å². The summed E-state index contributed by atoms with van der Waals surface area (Å²) in [6.45, 7) is 2.91. The van der Waals surface area contributed by atoms with E-state index in [-0.39, 0.29) is 17.9 Å². The number of rotatable bonds is 5. The average Bonchev–Trinajstić information content (AvgIpc) is 3.00. The van der Waals surface area contributed by atoms with Crippen molar-refractivity contribution in [3.8, 4) is 17.0 Å². The molecule has 2 bridgehead atoms. The smallest absolute Gasteiger partial charge is 0.262 e. The summed E-state index contributed by atoms with van der Waals surface area (Å²) in [4.78, 5) is 12.0. The highest BCUT2D eigenvalue weighted by atomic mass is 16.5. The van der Waals surface area contributed by atoms with Gasteiger partial charge in [-0.25, -0.2) is 4.52 Å². The standard InChI is InChI=1S/C21H23N5O3/c1-11-19(21(25-29-11)28-17-8-15-6-14(17)10-22-15)13-4-5-26-16(7-13)9-18(24-26)23-20(27)12-2-3-12/h4-5,7,9,12,14-15,17,22H,2-3,6,8,10H2,1H3,(H,23,24,27)/t14-,15-,17+/m1/s1. The van der Waals surface area contributed by atoms with Crippen molar-refractivity contribution in [3.63, 3.8) is 0 Å². The molecule has 0 radical (unpaired) electrons. The van der Waals surface area contributed by atoms with Crippen molar-refractivity contribution < 1.29 is 14.1 Å². The van der Waals surface area contributed by atoms with E-state index in [0.717, 1.165) is 48.2 Å². The fourth-order valence-corrected chi connectivity index (χ4v) is 4.62. The minimum absolute atomic E-state index is 0.0551. The molecular weight excluding hydrogens is 370 g/mol. The highest BCUT2D eigenvalue weighted by Crippen LogP contribution is 2.39. The lowest BCUT2D eigenvalue weighted by molar-refractivity contribution is -0.117. The number of hydrogen-bond donors (Lipinski definition) is 2. The van der Waals surface area contributed by atoms with Crippen LogP contribution < -0.4 is 15.4 Å². The van der Waals surface area contributed by atoms with Gasteiger partial charge in [-0.3, -0.25) is 4.79 Å². The van der Waals surface area contributed by atoms with Gasteiger partial charge in [0, 0.05) is 43.1 Å². The third kappa shape index (κ3) is 2.98. The van der Waals surface area contributed by atoms with Gasteiger partial charge in [0.05, 0.1) is 11.1 Å². The van der Waals surface area contributed by atoms with E-state index in [4.69, 9.17) is 9.26 Å². The summed E-state index contributed by atoms with van der Waals surface area (Å²) in [6.07, 6.45) is 6.20. The van der Waals surface area contributed by atoms with Crippen LogP contribution in [0.2, 0.25) is 0 Å². The minimum Gasteiger partial charge on any atom is -0.471 e. The van der Waals surface area contributed by atoms with E-state index < -0.39 is 0 Å². The number of carbonyl (C=O) groups is 1. The number of amides is 1. The van der Waals surface area contributed by atoms with Gasteiger partial charge in [0.15, 0.2) is 5.82 Å².